The predicted molar refractivity (Wildman–Crippen MR) is 98.7 cm³/mol. The van der Waals surface area contributed by atoms with Gasteiger partial charge >= 0.3 is 0 Å². The van der Waals surface area contributed by atoms with Crippen LogP contribution in [-0.4, -0.2) is 16.0 Å². The molecule has 0 bridgehead atoms. The van der Waals surface area contributed by atoms with Gasteiger partial charge in [-0.15, -0.1) is 0 Å². The Morgan fingerprint density at radius 3 is 2.85 bits per heavy atom. The molecule has 1 atom stereocenters. The van der Waals surface area contributed by atoms with Crippen molar-refractivity contribution in [3.63, 3.8) is 0 Å². The molecule has 1 aromatic heterocycles. The van der Waals surface area contributed by atoms with Crippen molar-refractivity contribution >= 4 is 17.5 Å². The van der Waals surface area contributed by atoms with E-state index in [0.29, 0.717) is 29.6 Å². The Morgan fingerprint density at radius 1 is 1.19 bits per heavy atom. The van der Waals surface area contributed by atoms with Gasteiger partial charge in [-0.05, 0) is 48.2 Å². The zero-order chi connectivity index (χ0) is 17.9. The topological polar surface area (TPSA) is 68.0 Å². The van der Waals surface area contributed by atoms with Crippen LogP contribution in [0.2, 0.25) is 5.02 Å². The Bertz CT molecular complexity index is 921. The zero-order valence-electron chi connectivity index (χ0n) is 14.1. The normalized spacial score (nSPS) is 15.7. The molecule has 1 aliphatic carbocycles. The van der Waals surface area contributed by atoms with E-state index >= 15 is 0 Å². The summed E-state index contributed by atoms with van der Waals surface area (Å²) in [6.07, 6.45) is 2.70. The molecule has 0 radical (unpaired) electrons. The quantitative estimate of drug-likeness (QED) is 0.736. The smallest absolute Gasteiger partial charge is 0.227 e. The van der Waals surface area contributed by atoms with Gasteiger partial charge in [0.2, 0.25) is 17.6 Å². The van der Waals surface area contributed by atoms with Gasteiger partial charge in [-0.25, -0.2) is 0 Å². The molecule has 26 heavy (non-hydrogen) atoms. The van der Waals surface area contributed by atoms with Crippen molar-refractivity contribution in [3.8, 4) is 11.4 Å². The number of nitrogens with zero attached hydrogens (tertiary/aromatic N) is 2. The highest BCUT2D eigenvalue weighted by Gasteiger charge is 2.23. The minimum atomic E-state index is -0.00190. The fourth-order valence-electron chi connectivity index (χ4n) is 3.27. The summed E-state index contributed by atoms with van der Waals surface area (Å²) >= 11 is 5.88. The summed E-state index contributed by atoms with van der Waals surface area (Å²) in [7, 11) is 0. The number of rotatable bonds is 5. The third-order valence-electron chi connectivity index (χ3n) is 4.60. The Labute approximate surface area is 156 Å². The number of aromatic nitrogens is 2. The largest absolute Gasteiger partial charge is 0.349 e. The van der Waals surface area contributed by atoms with Crippen LogP contribution in [0, 0.1) is 0 Å². The van der Waals surface area contributed by atoms with Crippen LogP contribution in [0.3, 0.4) is 0 Å². The number of hydrogen-bond donors (Lipinski definition) is 1. The van der Waals surface area contributed by atoms with Crippen molar-refractivity contribution in [2.45, 2.75) is 31.7 Å². The van der Waals surface area contributed by atoms with Crippen molar-refractivity contribution in [1.82, 2.24) is 15.5 Å². The van der Waals surface area contributed by atoms with Gasteiger partial charge in [-0.1, -0.05) is 41.0 Å². The molecule has 4 rings (SSSR count). The van der Waals surface area contributed by atoms with E-state index in [9.17, 15) is 4.79 Å². The summed E-state index contributed by atoms with van der Waals surface area (Å²) in [6, 6.07) is 15.6. The van der Waals surface area contributed by atoms with Crippen LogP contribution >= 0.6 is 11.6 Å². The first-order chi connectivity index (χ1) is 12.7. The van der Waals surface area contributed by atoms with Gasteiger partial charge in [-0.3, -0.25) is 4.79 Å². The first-order valence-corrected chi connectivity index (χ1v) is 9.02. The van der Waals surface area contributed by atoms with Gasteiger partial charge in [0.15, 0.2) is 0 Å². The van der Waals surface area contributed by atoms with Crippen LogP contribution in [0.25, 0.3) is 11.4 Å². The Hall–Kier alpha value is -2.66. The van der Waals surface area contributed by atoms with E-state index in [4.69, 9.17) is 16.1 Å². The van der Waals surface area contributed by atoms with Gasteiger partial charge in [0.05, 0.1) is 6.04 Å². The highest BCUT2D eigenvalue weighted by Crippen LogP contribution is 2.30. The van der Waals surface area contributed by atoms with Crippen molar-refractivity contribution < 1.29 is 9.32 Å². The molecule has 2 aromatic carbocycles. The lowest BCUT2D eigenvalue weighted by molar-refractivity contribution is -0.121. The maximum Gasteiger partial charge on any atom is 0.227 e. The van der Waals surface area contributed by atoms with Crippen LogP contribution in [0.5, 0.6) is 0 Å². The van der Waals surface area contributed by atoms with Gasteiger partial charge in [-0.2, -0.15) is 4.98 Å². The first-order valence-electron chi connectivity index (χ1n) is 8.65. The van der Waals surface area contributed by atoms with Gasteiger partial charge in [0.1, 0.15) is 0 Å². The summed E-state index contributed by atoms with van der Waals surface area (Å²) in [5.74, 6) is 0.955. The number of carbonyl (C=O) groups is 1. The van der Waals surface area contributed by atoms with E-state index in [1.54, 1.807) is 12.1 Å². The second-order valence-electron chi connectivity index (χ2n) is 6.38. The van der Waals surface area contributed by atoms with E-state index in [2.05, 4.69) is 27.6 Å². The highest BCUT2D eigenvalue weighted by molar-refractivity contribution is 6.30. The predicted octanol–water partition coefficient (Wildman–Crippen LogP) is 4.13. The van der Waals surface area contributed by atoms with Crippen LogP contribution < -0.4 is 5.32 Å². The third-order valence-corrected chi connectivity index (χ3v) is 4.86. The average Bonchev–Trinajstić information content (AvgIpc) is 3.28. The minimum absolute atomic E-state index is 0.00190. The minimum Gasteiger partial charge on any atom is -0.349 e. The molecular formula is C20H18ClN3O2. The van der Waals surface area contributed by atoms with Crippen molar-refractivity contribution in [2.24, 2.45) is 0 Å². The van der Waals surface area contributed by atoms with Crippen molar-refractivity contribution in [2.75, 3.05) is 0 Å². The van der Waals surface area contributed by atoms with Crippen molar-refractivity contribution in [1.29, 1.82) is 0 Å². The molecule has 6 heteroatoms. The van der Waals surface area contributed by atoms with Gasteiger partial charge in [0.25, 0.3) is 0 Å². The molecule has 0 fully saturated rings. The fourth-order valence-corrected chi connectivity index (χ4v) is 3.39. The molecule has 0 saturated carbocycles. The molecule has 5 nitrogen and oxygen atoms in total. The number of benzene rings is 2. The number of fused-ring (bicyclic) bond motifs is 1. The molecule has 132 valence electrons. The van der Waals surface area contributed by atoms with Gasteiger partial charge < -0.3 is 9.84 Å². The molecule has 1 aliphatic rings. The molecular weight excluding hydrogens is 350 g/mol. The second-order valence-corrected chi connectivity index (χ2v) is 6.81. The molecule has 1 heterocycles. The van der Waals surface area contributed by atoms with Crippen LogP contribution in [0.15, 0.2) is 53.1 Å². The molecule has 0 saturated heterocycles. The number of amides is 1. The third kappa shape index (κ3) is 3.63. The van der Waals surface area contributed by atoms with Gasteiger partial charge in [0, 0.05) is 23.4 Å². The monoisotopic (exact) mass is 367 g/mol. The lowest BCUT2D eigenvalue weighted by atomic mass is 10.1. The highest BCUT2D eigenvalue weighted by atomic mass is 35.5. The number of carbonyl (C=O) groups excluding carboxylic acids is 1. The van der Waals surface area contributed by atoms with Crippen molar-refractivity contribution in [3.05, 3.63) is 70.6 Å². The lowest BCUT2D eigenvalue weighted by Crippen LogP contribution is -2.27. The number of halogens is 1. The molecule has 0 spiro atoms. The Kier molecular flexibility index (Phi) is 4.71. The fraction of sp³-hybridized carbons (Fsp3) is 0.250. The molecule has 3 aromatic rings. The molecule has 1 amide bonds. The van der Waals surface area contributed by atoms with Crippen LogP contribution in [0.4, 0.5) is 0 Å². The maximum absolute atomic E-state index is 12.3. The molecule has 1 unspecified atom stereocenters. The standard InChI is InChI=1S/C20H18ClN3O2/c21-15-8-5-14(6-9-15)20-23-19(26-24-20)12-11-18(25)22-17-10-7-13-3-1-2-4-16(13)17/h1-6,8-9,17H,7,10-12H2,(H,22,25). The number of aryl methyl sites for hydroxylation is 2. The van der Waals surface area contributed by atoms with Crippen LogP contribution in [-0.2, 0) is 17.6 Å². The second kappa shape index (κ2) is 7.30. The summed E-state index contributed by atoms with van der Waals surface area (Å²) in [6.45, 7) is 0. The summed E-state index contributed by atoms with van der Waals surface area (Å²) in [4.78, 5) is 16.6. The Morgan fingerprint density at radius 2 is 2.00 bits per heavy atom. The van der Waals surface area contributed by atoms with Crippen LogP contribution in [0.1, 0.15) is 35.9 Å². The summed E-state index contributed by atoms with van der Waals surface area (Å²) in [5, 5.41) is 7.73. The van der Waals surface area contributed by atoms with E-state index in [1.807, 2.05) is 24.3 Å². The zero-order valence-corrected chi connectivity index (χ0v) is 14.9. The Balaban J connectivity index is 1.33. The van der Waals surface area contributed by atoms with E-state index < -0.39 is 0 Å². The lowest BCUT2D eigenvalue weighted by Gasteiger charge is -2.13. The van der Waals surface area contributed by atoms with E-state index in [1.165, 1.54) is 11.1 Å². The molecule has 0 aliphatic heterocycles. The summed E-state index contributed by atoms with van der Waals surface area (Å²) < 4.78 is 5.25. The number of hydrogen-bond acceptors (Lipinski definition) is 4. The van der Waals surface area contributed by atoms with E-state index in [-0.39, 0.29) is 11.9 Å². The number of nitrogens with one attached hydrogen (secondary N) is 1. The summed E-state index contributed by atoms with van der Waals surface area (Å²) in [5.41, 5.74) is 3.38. The molecule has 1 N–H and O–H groups in total. The SMILES string of the molecule is O=C(CCc1nc(-c2ccc(Cl)cc2)no1)NC1CCc2ccccc21. The first kappa shape index (κ1) is 16.8. The van der Waals surface area contributed by atoms with E-state index in [0.717, 1.165) is 18.4 Å². The maximum atomic E-state index is 12.3. The average molecular weight is 368 g/mol.